The maximum atomic E-state index is 11.7. The summed E-state index contributed by atoms with van der Waals surface area (Å²) in [5.41, 5.74) is 0.357. The van der Waals surface area contributed by atoms with Crippen molar-refractivity contribution < 1.29 is 14.6 Å². The lowest BCUT2D eigenvalue weighted by molar-refractivity contribution is -0.145. The first kappa shape index (κ1) is 15.2. The molecule has 106 valence electrons. The van der Waals surface area contributed by atoms with E-state index in [1.165, 1.54) is 12.3 Å². The van der Waals surface area contributed by atoms with Crippen molar-refractivity contribution in [1.29, 1.82) is 0 Å². The number of carbonyl (C=O) groups is 1. The van der Waals surface area contributed by atoms with E-state index in [0.717, 1.165) is 4.68 Å². The van der Waals surface area contributed by atoms with E-state index in [9.17, 15) is 14.7 Å². The number of ether oxygens (including phenoxy) is 1. The molecule has 19 heavy (non-hydrogen) atoms. The highest BCUT2D eigenvalue weighted by molar-refractivity contribution is 5.69. The minimum atomic E-state index is -0.991. The Labute approximate surface area is 111 Å². The van der Waals surface area contributed by atoms with Gasteiger partial charge in [-0.05, 0) is 6.92 Å². The van der Waals surface area contributed by atoms with E-state index in [4.69, 9.17) is 4.74 Å². The molecule has 1 unspecified atom stereocenters. The van der Waals surface area contributed by atoms with Crippen LogP contribution in [0.15, 0.2) is 17.1 Å². The molecule has 0 bridgehead atoms. The van der Waals surface area contributed by atoms with Crippen molar-refractivity contribution in [3.63, 3.8) is 0 Å². The Morgan fingerprint density at radius 3 is 2.79 bits per heavy atom. The third-order valence-corrected chi connectivity index (χ3v) is 2.46. The molecule has 0 aromatic carbocycles. The summed E-state index contributed by atoms with van der Waals surface area (Å²) in [5, 5.41) is 13.6. The minimum Gasteiger partial charge on any atom is -0.466 e. The van der Waals surface area contributed by atoms with Gasteiger partial charge < -0.3 is 14.7 Å². The summed E-state index contributed by atoms with van der Waals surface area (Å²) >= 11 is 0. The number of hydrogen-bond donors (Lipinski definition) is 1. The van der Waals surface area contributed by atoms with Crippen LogP contribution in [0.3, 0.4) is 0 Å². The summed E-state index contributed by atoms with van der Waals surface area (Å²) in [6.45, 7) is 1.92. The maximum absolute atomic E-state index is 11.7. The zero-order valence-electron chi connectivity index (χ0n) is 11.4. The lowest BCUT2D eigenvalue weighted by Gasteiger charge is -2.14. The Kier molecular flexibility index (Phi) is 5.50. The minimum absolute atomic E-state index is 0.0364. The Hall–Kier alpha value is -1.89. The van der Waals surface area contributed by atoms with E-state index < -0.39 is 12.1 Å². The van der Waals surface area contributed by atoms with Gasteiger partial charge in [-0.15, -0.1) is 0 Å². The van der Waals surface area contributed by atoms with E-state index in [-0.39, 0.29) is 25.1 Å². The Bertz CT molecular complexity index is 484. The second-order valence-electron chi connectivity index (χ2n) is 4.29. The van der Waals surface area contributed by atoms with Gasteiger partial charge in [-0.1, -0.05) is 0 Å². The van der Waals surface area contributed by atoms with Crippen LogP contribution in [0.4, 0.5) is 5.69 Å². The fraction of sp³-hybridized carbons (Fsp3) is 0.583. The number of aromatic nitrogens is 2. The Balaban J connectivity index is 2.67. The Morgan fingerprint density at radius 2 is 2.26 bits per heavy atom. The first-order valence-electron chi connectivity index (χ1n) is 6.02. The molecule has 0 saturated heterocycles. The summed E-state index contributed by atoms with van der Waals surface area (Å²) < 4.78 is 5.84. The molecule has 1 aromatic heterocycles. The van der Waals surface area contributed by atoms with Gasteiger partial charge in [-0.2, -0.15) is 5.10 Å². The molecule has 1 aromatic rings. The summed E-state index contributed by atoms with van der Waals surface area (Å²) in [5.74, 6) is -0.493. The van der Waals surface area contributed by atoms with Crippen molar-refractivity contribution in [2.45, 2.75) is 26.0 Å². The molecule has 0 aliphatic rings. The zero-order valence-corrected chi connectivity index (χ0v) is 11.4. The van der Waals surface area contributed by atoms with Crippen molar-refractivity contribution in [2.24, 2.45) is 0 Å². The Morgan fingerprint density at radius 1 is 1.58 bits per heavy atom. The van der Waals surface area contributed by atoms with Crippen molar-refractivity contribution in [1.82, 2.24) is 9.78 Å². The van der Waals surface area contributed by atoms with Crippen LogP contribution in [0, 0.1) is 0 Å². The number of carbonyl (C=O) groups excluding carboxylic acids is 1. The maximum Gasteiger partial charge on any atom is 0.308 e. The number of aliphatic hydroxyl groups is 1. The first-order chi connectivity index (χ1) is 8.93. The summed E-state index contributed by atoms with van der Waals surface area (Å²) in [6, 6.07) is 1.42. The van der Waals surface area contributed by atoms with E-state index >= 15 is 0 Å². The summed E-state index contributed by atoms with van der Waals surface area (Å²) in [6.07, 6.45) is 0.380. The lowest BCUT2D eigenvalue weighted by Crippen LogP contribution is -2.30. The molecule has 1 heterocycles. The van der Waals surface area contributed by atoms with Gasteiger partial charge in [0.15, 0.2) is 0 Å². The van der Waals surface area contributed by atoms with Crippen LogP contribution in [-0.2, 0) is 16.1 Å². The highest BCUT2D eigenvalue weighted by atomic mass is 16.5. The smallest absolute Gasteiger partial charge is 0.308 e. The fourth-order valence-electron chi connectivity index (χ4n) is 1.48. The molecule has 0 spiro atoms. The van der Waals surface area contributed by atoms with Crippen LogP contribution < -0.4 is 10.5 Å². The normalized spacial score (nSPS) is 12.0. The van der Waals surface area contributed by atoms with Gasteiger partial charge in [0, 0.05) is 20.2 Å². The molecular weight excluding hydrogens is 250 g/mol. The number of rotatable bonds is 6. The molecule has 1 atom stereocenters. The van der Waals surface area contributed by atoms with Crippen molar-refractivity contribution in [3.8, 4) is 0 Å². The van der Waals surface area contributed by atoms with Crippen LogP contribution >= 0.6 is 0 Å². The van der Waals surface area contributed by atoms with E-state index in [1.807, 2.05) is 0 Å². The van der Waals surface area contributed by atoms with Crippen molar-refractivity contribution >= 4 is 11.7 Å². The topological polar surface area (TPSA) is 84.7 Å². The summed E-state index contributed by atoms with van der Waals surface area (Å²) in [7, 11) is 3.60. The number of hydrogen-bond acceptors (Lipinski definition) is 6. The molecular formula is C12H19N3O4. The molecule has 7 nitrogen and oxygen atoms in total. The number of esters is 1. The third kappa shape index (κ3) is 4.70. The standard InChI is InChI=1S/C12H19N3O4/c1-4-19-12(18)6-10(16)8-15-11(17)5-9(7-13-15)14(2)3/h5,7,10,16H,4,6,8H2,1-3H3. The van der Waals surface area contributed by atoms with Crippen LogP contribution in [0.5, 0.6) is 0 Å². The van der Waals surface area contributed by atoms with Gasteiger partial charge in [0.25, 0.3) is 5.56 Å². The average molecular weight is 269 g/mol. The van der Waals surface area contributed by atoms with Gasteiger partial charge in [0.2, 0.25) is 0 Å². The van der Waals surface area contributed by atoms with Gasteiger partial charge in [0.1, 0.15) is 0 Å². The molecule has 7 heteroatoms. The van der Waals surface area contributed by atoms with Crippen molar-refractivity contribution in [2.75, 3.05) is 25.6 Å². The molecule has 0 fully saturated rings. The first-order valence-corrected chi connectivity index (χ1v) is 6.02. The van der Waals surface area contributed by atoms with E-state index in [2.05, 4.69) is 5.10 Å². The van der Waals surface area contributed by atoms with Gasteiger partial charge in [-0.25, -0.2) is 4.68 Å². The van der Waals surface area contributed by atoms with Crippen LogP contribution in [-0.4, -0.2) is 47.7 Å². The zero-order chi connectivity index (χ0) is 14.4. The van der Waals surface area contributed by atoms with Gasteiger partial charge >= 0.3 is 5.97 Å². The highest BCUT2D eigenvalue weighted by Crippen LogP contribution is 2.04. The van der Waals surface area contributed by atoms with Crippen molar-refractivity contribution in [3.05, 3.63) is 22.6 Å². The largest absolute Gasteiger partial charge is 0.466 e. The van der Waals surface area contributed by atoms with E-state index in [1.54, 1.807) is 25.9 Å². The average Bonchev–Trinajstić information content (AvgIpc) is 2.31. The van der Waals surface area contributed by atoms with Crippen LogP contribution in [0.25, 0.3) is 0 Å². The van der Waals surface area contributed by atoms with Gasteiger partial charge in [-0.3, -0.25) is 9.59 Å². The number of anilines is 1. The fourth-order valence-corrected chi connectivity index (χ4v) is 1.48. The number of aliphatic hydroxyl groups excluding tert-OH is 1. The molecule has 0 amide bonds. The van der Waals surface area contributed by atoms with Gasteiger partial charge in [0.05, 0.1) is 37.6 Å². The molecule has 1 rings (SSSR count). The second kappa shape index (κ2) is 6.89. The third-order valence-electron chi connectivity index (χ3n) is 2.46. The quantitative estimate of drug-likeness (QED) is 0.709. The van der Waals surface area contributed by atoms with Crippen LogP contribution in [0.1, 0.15) is 13.3 Å². The highest BCUT2D eigenvalue weighted by Gasteiger charge is 2.13. The predicted molar refractivity (Wildman–Crippen MR) is 70.1 cm³/mol. The van der Waals surface area contributed by atoms with E-state index in [0.29, 0.717) is 5.69 Å². The molecule has 0 aliphatic heterocycles. The molecule has 1 N–H and O–H groups in total. The lowest BCUT2D eigenvalue weighted by atomic mass is 10.2. The second-order valence-corrected chi connectivity index (χ2v) is 4.29. The predicted octanol–water partition coefficient (Wildman–Crippen LogP) is -0.377. The molecule has 0 radical (unpaired) electrons. The van der Waals surface area contributed by atoms with Crippen LogP contribution in [0.2, 0.25) is 0 Å². The summed E-state index contributed by atoms with van der Waals surface area (Å²) in [4.78, 5) is 24.7. The SMILES string of the molecule is CCOC(=O)CC(O)Cn1ncc(N(C)C)cc1=O. The monoisotopic (exact) mass is 269 g/mol. The number of nitrogens with zero attached hydrogens (tertiary/aromatic N) is 3. The molecule has 0 saturated carbocycles. The molecule has 0 aliphatic carbocycles.